The quantitative estimate of drug-likeness (QED) is 0.787. The standard InChI is InChI=1S/C17H25N5O2S/c1-13-11-15(20-19-13)12-22-9-7-16(8-10-22)21(2)25(23,24)17-5-3-14(18)4-6-17/h3-6,11,16H,7-10,12,18H2,1-2H3,(H,19,20). The SMILES string of the molecule is Cc1cc(CN2CCC(N(C)S(=O)(=O)c3ccc(N)cc3)CC2)n[nH]1. The fourth-order valence-electron chi connectivity index (χ4n) is 3.23. The van der Waals surface area contributed by atoms with Crippen LogP contribution in [0, 0.1) is 6.92 Å². The van der Waals surface area contributed by atoms with Crippen molar-refractivity contribution in [3.8, 4) is 0 Å². The highest BCUT2D eigenvalue weighted by Gasteiger charge is 2.30. The molecule has 25 heavy (non-hydrogen) atoms. The van der Waals surface area contributed by atoms with E-state index in [1.165, 1.54) is 4.31 Å². The molecule has 0 bridgehead atoms. The third kappa shape index (κ3) is 4.02. The van der Waals surface area contributed by atoms with Crippen LogP contribution in [-0.2, 0) is 16.6 Å². The van der Waals surface area contributed by atoms with Crippen LogP contribution in [0.3, 0.4) is 0 Å². The van der Waals surface area contributed by atoms with Crippen molar-refractivity contribution in [3.63, 3.8) is 0 Å². The molecule has 1 aliphatic rings. The van der Waals surface area contributed by atoms with Crippen molar-refractivity contribution < 1.29 is 8.42 Å². The molecule has 1 saturated heterocycles. The van der Waals surface area contributed by atoms with E-state index >= 15 is 0 Å². The molecule has 136 valence electrons. The first kappa shape index (κ1) is 17.9. The van der Waals surface area contributed by atoms with Gasteiger partial charge in [-0.25, -0.2) is 8.42 Å². The number of hydrogen-bond donors (Lipinski definition) is 2. The number of benzene rings is 1. The lowest BCUT2D eigenvalue weighted by molar-refractivity contribution is 0.162. The first-order chi connectivity index (χ1) is 11.9. The van der Waals surface area contributed by atoms with Crippen LogP contribution in [0.5, 0.6) is 0 Å². The summed E-state index contributed by atoms with van der Waals surface area (Å²) in [6.07, 6.45) is 1.63. The molecule has 2 heterocycles. The zero-order valence-electron chi connectivity index (χ0n) is 14.6. The molecule has 0 atom stereocenters. The highest BCUT2D eigenvalue weighted by atomic mass is 32.2. The lowest BCUT2D eigenvalue weighted by Crippen LogP contribution is -2.45. The summed E-state index contributed by atoms with van der Waals surface area (Å²) in [5.74, 6) is 0. The minimum Gasteiger partial charge on any atom is -0.399 e. The third-order valence-corrected chi connectivity index (χ3v) is 6.70. The van der Waals surface area contributed by atoms with Crippen molar-refractivity contribution in [1.29, 1.82) is 0 Å². The van der Waals surface area contributed by atoms with Crippen LogP contribution < -0.4 is 5.73 Å². The van der Waals surface area contributed by atoms with Crippen molar-refractivity contribution in [2.75, 3.05) is 25.9 Å². The molecule has 1 fully saturated rings. The number of nitrogens with one attached hydrogen (secondary N) is 1. The van der Waals surface area contributed by atoms with Gasteiger partial charge in [0.1, 0.15) is 0 Å². The first-order valence-electron chi connectivity index (χ1n) is 8.43. The largest absolute Gasteiger partial charge is 0.399 e. The number of aromatic amines is 1. The molecule has 7 nitrogen and oxygen atoms in total. The number of H-pyrrole nitrogens is 1. The van der Waals surface area contributed by atoms with Crippen molar-refractivity contribution in [2.45, 2.75) is 37.2 Å². The molecular weight excluding hydrogens is 338 g/mol. The van der Waals surface area contributed by atoms with Crippen LogP contribution in [0.1, 0.15) is 24.2 Å². The van der Waals surface area contributed by atoms with Gasteiger partial charge in [0.25, 0.3) is 0 Å². The Labute approximate surface area is 148 Å². The summed E-state index contributed by atoms with van der Waals surface area (Å²) in [5.41, 5.74) is 8.29. The Balaban J connectivity index is 1.60. The summed E-state index contributed by atoms with van der Waals surface area (Å²) >= 11 is 0. The second kappa shape index (κ2) is 7.15. The van der Waals surface area contributed by atoms with Crippen molar-refractivity contribution in [1.82, 2.24) is 19.4 Å². The normalized spacial score (nSPS) is 17.2. The number of likely N-dealkylation sites (tertiary alicyclic amines) is 1. The van der Waals surface area contributed by atoms with Crippen LogP contribution in [0.25, 0.3) is 0 Å². The Kier molecular flexibility index (Phi) is 5.12. The smallest absolute Gasteiger partial charge is 0.243 e. The van der Waals surface area contributed by atoms with Crippen molar-refractivity contribution in [2.24, 2.45) is 0 Å². The van der Waals surface area contributed by atoms with Gasteiger partial charge in [-0.3, -0.25) is 10.00 Å². The van der Waals surface area contributed by atoms with Crippen molar-refractivity contribution >= 4 is 15.7 Å². The van der Waals surface area contributed by atoms with Gasteiger partial charge in [-0.1, -0.05) is 0 Å². The molecule has 1 aromatic carbocycles. The van der Waals surface area contributed by atoms with Gasteiger partial charge in [0, 0.05) is 44.1 Å². The summed E-state index contributed by atoms with van der Waals surface area (Å²) in [6.45, 7) is 4.50. The average molecular weight is 363 g/mol. The van der Waals surface area contributed by atoms with Gasteiger partial charge in [-0.2, -0.15) is 9.40 Å². The van der Waals surface area contributed by atoms with E-state index in [1.54, 1.807) is 31.3 Å². The number of aromatic nitrogens is 2. The summed E-state index contributed by atoms with van der Waals surface area (Å²) < 4.78 is 27.1. The molecule has 3 N–H and O–H groups in total. The predicted octanol–water partition coefficient (Wildman–Crippen LogP) is 1.59. The molecule has 3 rings (SSSR count). The molecule has 1 aromatic heterocycles. The maximum atomic E-state index is 12.8. The number of anilines is 1. The number of nitrogens with zero attached hydrogens (tertiary/aromatic N) is 3. The fraction of sp³-hybridized carbons (Fsp3) is 0.471. The van der Waals surface area contributed by atoms with Gasteiger partial charge >= 0.3 is 0 Å². The topological polar surface area (TPSA) is 95.3 Å². The van der Waals surface area contributed by atoms with Gasteiger partial charge in [0.2, 0.25) is 10.0 Å². The molecule has 1 aliphatic heterocycles. The Morgan fingerprint density at radius 2 is 1.92 bits per heavy atom. The number of piperidine rings is 1. The van der Waals surface area contributed by atoms with Gasteiger partial charge in [0.05, 0.1) is 10.6 Å². The van der Waals surface area contributed by atoms with E-state index in [0.29, 0.717) is 10.6 Å². The Morgan fingerprint density at radius 3 is 2.48 bits per heavy atom. The maximum absolute atomic E-state index is 12.8. The van der Waals surface area contributed by atoms with Crippen LogP contribution >= 0.6 is 0 Å². The van der Waals surface area contributed by atoms with Gasteiger partial charge in [-0.15, -0.1) is 0 Å². The Morgan fingerprint density at radius 1 is 1.28 bits per heavy atom. The molecule has 8 heteroatoms. The summed E-state index contributed by atoms with van der Waals surface area (Å²) in [4.78, 5) is 2.61. The van der Waals surface area contributed by atoms with Gasteiger partial charge in [0.15, 0.2) is 0 Å². The molecular formula is C17H25N5O2S. The summed E-state index contributed by atoms with van der Waals surface area (Å²) in [5, 5.41) is 7.22. The zero-order valence-corrected chi connectivity index (χ0v) is 15.5. The lowest BCUT2D eigenvalue weighted by atomic mass is 10.1. The monoisotopic (exact) mass is 363 g/mol. The molecule has 0 amide bonds. The second-order valence-corrected chi connectivity index (χ2v) is 8.64. The number of rotatable bonds is 5. The van der Waals surface area contributed by atoms with E-state index in [9.17, 15) is 8.42 Å². The van der Waals surface area contributed by atoms with Crippen LogP contribution in [0.4, 0.5) is 5.69 Å². The molecule has 0 spiro atoms. The summed E-state index contributed by atoms with van der Waals surface area (Å²) in [7, 11) is -1.82. The average Bonchev–Trinajstić information content (AvgIpc) is 3.00. The highest BCUT2D eigenvalue weighted by molar-refractivity contribution is 7.89. The highest BCUT2D eigenvalue weighted by Crippen LogP contribution is 2.24. The zero-order chi connectivity index (χ0) is 18.0. The van der Waals surface area contributed by atoms with E-state index in [2.05, 4.69) is 15.1 Å². The number of aryl methyl sites for hydroxylation is 1. The summed E-state index contributed by atoms with van der Waals surface area (Å²) in [6, 6.07) is 8.43. The second-order valence-electron chi connectivity index (χ2n) is 6.64. The van der Waals surface area contributed by atoms with E-state index in [0.717, 1.165) is 43.9 Å². The van der Waals surface area contributed by atoms with E-state index in [-0.39, 0.29) is 6.04 Å². The van der Waals surface area contributed by atoms with E-state index in [4.69, 9.17) is 5.73 Å². The fourth-order valence-corrected chi connectivity index (χ4v) is 4.64. The number of hydrogen-bond acceptors (Lipinski definition) is 5. The van der Waals surface area contributed by atoms with Crippen LogP contribution in [0.2, 0.25) is 0 Å². The first-order valence-corrected chi connectivity index (χ1v) is 9.87. The predicted molar refractivity (Wildman–Crippen MR) is 97.4 cm³/mol. The molecule has 0 aliphatic carbocycles. The van der Waals surface area contributed by atoms with Crippen molar-refractivity contribution in [3.05, 3.63) is 41.7 Å². The molecule has 0 saturated carbocycles. The van der Waals surface area contributed by atoms with Gasteiger partial charge < -0.3 is 5.73 Å². The minimum atomic E-state index is -3.49. The van der Waals surface area contributed by atoms with Crippen LogP contribution in [0.15, 0.2) is 35.2 Å². The number of nitrogens with two attached hydrogens (primary N) is 1. The molecule has 0 unspecified atom stereocenters. The van der Waals surface area contributed by atoms with E-state index in [1.807, 2.05) is 13.0 Å². The number of nitrogen functional groups attached to an aromatic ring is 1. The van der Waals surface area contributed by atoms with Gasteiger partial charge in [-0.05, 0) is 50.1 Å². The molecule has 2 aromatic rings. The molecule has 0 radical (unpaired) electrons. The third-order valence-electron chi connectivity index (χ3n) is 4.77. The van der Waals surface area contributed by atoms with Crippen LogP contribution in [-0.4, -0.2) is 54.0 Å². The lowest BCUT2D eigenvalue weighted by Gasteiger charge is -2.35. The maximum Gasteiger partial charge on any atom is 0.243 e. The minimum absolute atomic E-state index is 0.0136. The Hall–Kier alpha value is -1.90. The Bertz CT molecular complexity index is 808. The van der Waals surface area contributed by atoms with E-state index < -0.39 is 10.0 Å². The number of sulfonamides is 1.